The molecule has 0 aliphatic rings. The lowest BCUT2D eigenvalue weighted by molar-refractivity contribution is -0.384. The summed E-state index contributed by atoms with van der Waals surface area (Å²) in [5.74, 6) is 0. The topological polar surface area (TPSA) is 67.2 Å². The minimum atomic E-state index is -0.443. The zero-order valence-corrected chi connectivity index (χ0v) is 12.6. The molecular weight excluding hydrogens is 342 g/mol. The molecule has 20 heavy (non-hydrogen) atoms. The number of non-ortho nitro benzene ring substituents is 1. The van der Waals surface area contributed by atoms with Crippen molar-refractivity contribution in [1.82, 2.24) is 0 Å². The van der Waals surface area contributed by atoms with Gasteiger partial charge in [-0.15, -0.1) is 0 Å². The highest BCUT2D eigenvalue weighted by Crippen LogP contribution is 2.21. The van der Waals surface area contributed by atoms with Crippen molar-refractivity contribution in [2.24, 2.45) is 0 Å². The summed E-state index contributed by atoms with van der Waals surface area (Å²) in [6.07, 6.45) is 0. The first kappa shape index (κ1) is 14.4. The second kappa shape index (κ2) is 6.44. The van der Waals surface area contributed by atoms with E-state index in [1.54, 1.807) is 12.1 Å². The number of nitro benzene ring substituents is 1. The molecule has 0 unspecified atom stereocenters. The largest absolute Gasteiger partial charge is 0.332 e. The molecule has 0 heterocycles. The van der Waals surface area contributed by atoms with Crippen LogP contribution in [0.25, 0.3) is 0 Å². The number of halogens is 1. The van der Waals surface area contributed by atoms with Crippen molar-refractivity contribution < 1.29 is 4.92 Å². The smallest absolute Gasteiger partial charge is 0.269 e. The van der Waals surface area contributed by atoms with E-state index >= 15 is 0 Å². The molecule has 0 aromatic heterocycles. The number of benzene rings is 2. The molecule has 0 amide bonds. The van der Waals surface area contributed by atoms with Crippen molar-refractivity contribution in [2.45, 2.75) is 0 Å². The van der Waals surface area contributed by atoms with Gasteiger partial charge in [-0.05, 0) is 52.4 Å². The van der Waals surface area contributed by atoms with Gasteiger partial charge in [-0.2, -0.15) is 0 Å². The first-order chi connectivity index (χ1) is 9.56. The molecule has 0 saturated heterocycles. The van der Waals surface area contributed by atoms with Crippen LogP contribution in [-0.4, -0.2) is 10.0 Å². The Kier molecular flexibility index (Phi) is 4.65. The molecule has 2 rings (SSSR count). The van der Waals surface area contributed by atoms with Crippen LogP contribution in [0.1, 0.15) is 0 Å². The third kappa shape index (κ3) is 3.75. The van der Waals surface area contributed by atoms with Crippen LogP contribution in [0.3, 0.4) is 0 Å². The number of hydrogen-bond acceptors (Lipinski definition) is 3. The summed E-state index contributed by atoms with van der Waals surface area (Å²) >= 11 is 8.60. The van der Waals surface area contributed by atoms with Crippen molar-refractivity contribution in [2.75, 3.05) is 10.6 Å². The van der Waals surface area contributed by atoms with E-state index in [4.69, 9.17) is 12.2 Å². The van der Waals surface area contributed by atoms with E-state index in [0.717, 1.165) is 10.2 Å². The lowest BCUT2D eigenvalue weighted by Gasteiger charge is -2.11. The molecule has 0 radical (unpaired) electrons. The van der Waals surface area contributed by atoms with Gasteiger partial charge in [-0.1, -0.05) is 12.1 Å². The van der Waals surface area contributed by atoms with E-state index in [1.165, 1.54) is 12.1 Å². The number of para-hydroxylation sites is 1. The minimum absolute atomic E-state index is 0.0419. The number of thiocarbonyl (C=S) groups is 1. The fourth-order valence-electron chi connectivity index (χ4n) is 1.51. The SMILES string of the molecule is O=[N+]([O-])c1ccc(NC(=S)Nc2ccccc2Br)cc1. The summed E-state index contributed by atoms with van der Waals surface area (Å²) in [5, 5.41) is 17.0. The maximum absolute atomic E-state index is 10.6. The van der Waals surface area contributed by atoms with Gasteiger partial charge in [0.05, 0.1) is 10.6 Å². The zero-order valence-electron chi connectivity index (χ0n) is 10.2. The quantitative estimate of drug-likeness (QED) is 0.493. The number of hydrogen-bond donors (Lipinski definition) is 2. The molecule has 0 atom stereocenters. The molecule has 0 aliphatic heterocycles. The molecule has 2 aromatic carbocycles. The van der Waals surface area contributed by atoms with Crippen molar-refractivity contribution in [1.29, 1.82) is 0 Å². The second-order valence-corrected chi connectivity index (χ2v) is 5.13. The third-order valence-corrected chi connectivity index (χ3v) is 3.35. The number of anilines is 2. The van der Waals surface area contributed by atoms with Gasteiger partial charge >= 0.3 is 0 Å². The maximum Gasteiger partial charge on any atom is 0.269 e. The highest BCUT2D eigenvalue weighted by Gasteiger charge is 2.05. The number of rotatable bonds is 3. The Morgan fingerprint density at radius 3 is 2.35 bits per heavy atom. The van der Waals surface area contributed by atoms with Gasteiger partial charge in [0.15, 0.2) is 5.11 Å². The van der Waals surface area contributed by atoms with Crippen LogP contribution in [0, 0.1) is 10.1 Å². The van der Waals surface area contributed by atoms with Crippen LogP contribution < -0.4 is 10.6 Å². The van der Waals surface area contributed by atoms with Gasteiger partial charge in [0, 0.05) is 22.3 Å². The fraction of sp³-hybridized carbons (Fsp3) is 0. The van der Waals surface area contributed by atoms with Crippen molar-refractivity contribution in [3.63, 3.8) is 0 Å². The molecule has 0 spiro atoms. The second-order valence-electron chi connectivity index (χ2n) is 3.86. The van der Waals surface area contributed by atoms with E-state index in [0.29, 0.717) is 10.8 Å². The van der Waals surface area contributed by atoms with E-state index in [2.05, 4.69) is 26.6 Å². The van der Waals surface area contributed by atoms with Gasteiger partial charge in [0.1, 0.15) is 0 Å². The summed E-state index contributed by atoms with van der Waals surface area (Å²) in [7, 11) is 0. The average molecular weight is 352 g/mol. The number of nitro groups is 1. The zero-order chi connectivity index (χ0) is 14.5. The van der Waals surface area contributed by atoms with Gasteiger partial charge in [0.25, 0.3) is 5.69 Å². The van der Waals surface area contributed by atoms with Crippen LogP contribution in [-0.2, 0) is 0 Å². The molecule has 0 aliphatic carbocycles. The van der Waals surface area contributed by atoms with E-state index in [9.17, 15) is 10.1 Å². The predicted molar refractivity (Wildman–Crippen MR) is 87.1 cm³/mol. The molecular formula is C13H10BrN3O2S. The van der Waals surface area contributed by atoms with E-state index in [1.807, 2.05) is 24.3 Å². The molecule has 0 bridgehead atoms. The third-order valence-electron chi connectivity index (χ3n) is 2.46. The lowest BCUT2D eigenvalue weighted by atomic mass is 10.3. The Bertz CT molecular complexity index is 646. The van der Waals surface area contributed by atoms with Crippen LogP contribution >= 0.6 is 28.1 Å². The van der Waals surface area contributed by atoms with Crippen LogP contribution in [0.15, 0.2) is 53.0 Å². The Balaban J connectivity index is 2.01. The maximum atomic E-state index is 10.6. The number of nitrogens with one attached hydrogen (secondary N) is 2. The van der Waals surface area contributed by atoms with Crippen LogP contribution in [0.5, 0.6) is 0 Å². The predicted octanol–water partition coefficient (Wildman–Crippen LogP) is 4.17. The summed E-state index contributed by atoms with van der Waals surface area (Å²) in [6, 6.07) is 13.6. The minimum Gasteiger partial charge on any atom is -0.332 e. The average Bonchev–Trinajstić information content (AvgIpc) is 2.42. The van der Waals surface area contributed by atoms with Crippen LogP contribution in [0.2, 0.25) is 0 Å². The molecule has 0 fully saturated rings. The Morgan fingerprint density at radius 1 is 1.10 bits per heavy atom. The molecule has 5 nitrogen and oxygen atoms in total. The van der Waals surface area contributed by atoms with Gasteiger partial charge in [-0.25, -0.2) is 0 Å². The van der Waals surface area contributed by atoms with E-state index in [-0.39, 0.29) is 5.69 Å². The first-order valence-corrected chi connectivity index (χ1v) is 6.83. The molecule has 2 aromatic rings. The van der Waals surface area contributed by atoms with E-state index < -0.39 is 4.92 Å². The standard InChI is InChI=1S/C13H10BrN3O2S/c14-11-3-1-2-4-12(11)16-13(20)15-9-5-7-10(8-6-9)17(18)19/h1-8H,(H2,15,16,20). The summed E-state index contributed by atoms with van der Waals surface area (Å²) < 4.78 is 0.896. The molecule has 0 saturated carbocycles. The summed E-state index contributed by atoms with van der Waals surface area (Å²) in [6.45, 7) is 0. The fourth-order valence-corrected chi connectivity index (χ4v) is 2.13. The summed E-state index contributed by atoms with van der Waals surface area (Å²) in [5.41, 5.74) is 1.56. The molecule has 2 N–H and O–H groups in total. The van der Waals surface area contributed by atoms with Gasteiger partial charge < -0.3 is 10.6 Å². The highest BCUT2D eigenvalue weighted by atomic mass is 79.9. The Labute approximate surface area is 129 Å². The van der Waals surface area contributed by atoms with Crippen molar-refractivity contribution >= 4 is 50.3 Å². The van der Waals surface area contributed by atoms with Crippen LogP contribution in [0.4, 0.5) is 17.1 Å². The molecule has 7 heteroatoms. The normalized spacial score (nSPS) is 9.85. The van der Waals surface area contributed by atoms with Gasteiger partial charge in [0.2, 0.25) is 0 Å². The monoisotopic (exact) mass is 351 g/mol. The van der Waals surface area contributed by atoms with Crippen molar-refractivity contribution in [3.8, 4) is 0 Å². The highest BCUT2D eigenvalue weighted by molar-refractivity contribution is 9.10. The molecule has 102 valence electrons. The lowest BCUT2D eigenvalue weighted by Crippen LogP contribution is -2.19. The van der Waals surface area contributed by atoms with Gasteiger partial charge in [-0.3, -0.25) is 10.1 Å². The van der Waals surface area contributed by atoms with Crippen molar-refractivity contribution in [3.05, 3.63) is 63.1 Å². The summed E-state index contributed by atoms with van der Waals surface area (Å²) in [4.78, 5) is 10.1. The Hall–Kier alpha value is -1.99. The first-order valence-electron chi connectivity index (χ1n) is 5.63. The Morgan fingerprint density at radius 2 is 1.75 bits per heavy atom. The number of nitrogens with zero attached hydrogens (tertiary/aromatic N) is 1.